The molecule has 1 heterocycles. The largest absolute Gasteiger partial charge is 0.350 e. The van der Waals surface area contributed by atoms with Crippen LogP contribution in [0.5, 0.6) is 0 Å². The first-order valence-electron chi connectivity index (χ1n) is 5.79. The van der Waals surface area contributed by atoms with E-state index in [-0.39, 0.29) is 6.04 Å². The van der Waals surface area contributed by atoms with E-state index in [4.69, 9.17) is 5.73 Å². The Morgan fingerprint density at radius 2 is 2.00 bits per heavy atom. The molecule has 0 aliphatic carbocycles. The van der Waals surface area contributed by atoms with Gasteiger partial charge in [0.2, 0.25) is 0 Å². The van der Waals surface area contributed by atoms with Gasteiger partial charge >= 0.3 is 0 Å². The van der Waals surface area contributed by atoms with Gasteiger partial charge in [0.1, 0.15) is 0 Å². The Morgan fingerprint density at radius 3 is 2.62 bits per heavy atom. The highest BCUT2D eigenvalue weighted by atomic mass is 14.9. The van der Waals surface area contributed by atoms with Gasteiger partial charge in [0, 0.05) is 24.7 Å². The number of benzene rings is 1. The Morgan fingerprint density at radius 1 is 1.31 bits per heavy atom. The van der Waals surface area contributed by atoms with Crippen LogP contribution >= 0.6 is 0 Å². The highest BCUT2D eigenvalue weighted by Crippen LogP contribution is 2.26. The van der Waals surface area contributed by atoms with E-state index in [0.717, 1.165) is 6.42 Å². The van der Waals surface area contributed by atoms with Crippen LogP contribution < -0.4 is 5.73 Å². The lowest BCUT2D eigenvalue weighted by atomic mass is 10.0. The lowest BCUT2D eigenvalue weighted by Crippen LogP contribution is -2.17. The van der Waals surface area contributed by atoms with Crippen molar-refractivity contribution in [1.29, 1.82) is 0 Å². The molecule has 0 aliphatic rings. The van der Waals surface area contributed by atoms with Gasteiger partial charge in [-0.2, -0.15) is 0 Å². The average molecular weight is 216 g/mol. The third kappa shape index (κ3) is 1.85. The van der Waals surface area contributed by atoms with Crippen LogP contribution in [0, 0.1) is 13.8 Å². The zero-order valence-corrected chi connectivity index (χ0v) is 10.5. The maximum Gasteiger partial charge on any atom is 0.0510 e. The summed E-state index contributed by atoms with van der Waals surface area (Å²) in [6, 6.07) is 4.71. The highest BCUT2D eigenvalue weighted by molar-refractivity contribution is 5.87. The number of nitrogens with two attached hydrogens (primary N) is 1. The fraction of sp³-hybridized carbons (Fsp3) is 0.429. The summed E-state index contributed by atoms with van der Waals surface area (Å²) in [5.74, 6) is 0. The van der Waals surface area contributed by atoms with Gasteiger partial charge in [0.25, 0.3) is 0 Å². The molecule has 1 aromatic heterocycles. The molecule has 86 valence electrons. The predicted octanol–water partition coefficient (Wildman–Crippen LogP) is 2.68. The Labute approximate surface area is 97.1 Å². The van der Waals surface area contributed by atoms with E-state index in [1.54, 1.807) is 0 Å². The van der Waals surface area contributed by atoms with Gasteiger partial charge in [-0.15, -0.1) is 0 Å². The molecule has 0 spiro atoms. The summed E-state index contributed by atoms with van der Waals surface area (Å²) in [6.45, 7) is 6.38. The van der Waals surface area contributed by atoms with Crippen molar-refractivity contribution in [2.45, 2.75) is 33.2 Å². The Kier molecular flexibility index (Phi) is 2.76. The van der Waals surface area contributed by atoms with Crippen LogP contribution in [0.25, 0.3) is 10.9 Å². The SMILES string of the molecule is Cc1cc(C)c2c(c1)c(CC(C)N)cn2C. The zero-order chi connectivity index (χ0) is 11.9. The molecule has 0 amide bonds. The lowest BCUT2D eigenvalue weighted by molar-refractivity contribution is 0.738. The fourth-order valence-electron chi connectivity index (χ4n) is 2.55. The van der Waals surface area contributed by atoms with Crippen molar-refractivity contribution in [3.8, 4) is 0 Å². The van der Waals surface area contributed by atoms with Crippen molar-refractivity contribution < 1.29 is 0 Å². The van der Waals surface area contributed by atoms with Gasteiger partial charge in [-0.3, -0.25) is 0 Å². The molecule has 2 aromatic rings. The van der Waals surface area contributed by atoms with E-state index >= 15 is 0 Å². The summed E-state index contributed by atoms with van der Waals surface area (Å²) in [6.07, 6.45) is 3.15. The monoisotopic (exact) mass is 216 g/mol. The minimum Gasteiger partial charge on any atom is -0.350 e. The van der Waals surface area contributed by atoms with E-state index < -0.39 is 0 Å². The standard InChI is InChI=1S/C14H20N2/c1-9-5-10(2)14-13(6-9)12(7-11(3)15)8-16(14)4/h5-6,8,11H,7,15H2,1-4H3. The van der Waals surface area contributed by atoms with Gasteiger partial charge in [0.05, 0.1) is 5.52 Å². The van der Waals surface area contributed by atoms with Crippen LogP contribution in [0.3, 0.4) is 0 Å². The third-order valence-electron chi connectivity index (χ3n) is 3.03. The summed E-state index contributed by atoms with van der Waals surface area (Å²) in [4.78, 5) is 0. The molecular formula is C14H20N2. The van der Waals surface area contributed by atoms with Crippen molar-refractivity contribution >= 4 is 10.9 Å². The van der Waals surface area contributed by atoms with Crippen molar-refractivity contribution in [3.05, 3.63) is 35.0 Å². The first-order valence-corrected chi connectivity index (χ1v) is 5.79. The van der Waals surface area contributed by atoms with E-state index in [1.807, 2.05) is 0 Å². The molecule has 1 aromatic carbocycles. The summed E-state index contributed by atoms with van der Waals surface area (Å²) < 4.78 is 2.21. The van der Waals surface area contributed by atoms with Gasteiger partial charge in [-0.1, -0.05) is 11.6 Å². The first-order chi connectivity index (χ1) is 7.49. The molecular weight excluding hydrogens is 196 g/mol. The number of rotatable bonds is 2. The molecule has 16 heavy (non-hydrogen) atoms. The van der Waals surface area contributed by atoms with Crippen LogP contribution in [0.15, 0.2) is 18.3 Å². The predicted molar refractivity (Wildman–Crippen MR) is 69.7 cm³/mol. The number of fused-ring (bicyclic) bond motifs is 1. The molecule has 0 aliphatic heterocycles. The molecule has 1 atom stereocenters. The number of aromatic nitrogens is 1. The maximum absolute atomic E-state index is 5.89. The number of aryl methyl sites for hydroxylation is 3. The Bertz CT molecular complexity index is 521. The second kappa shape index (κ2) is 3.95. The third-order valence-corrected chi connectivity index (χ3v) is 3.03. The number of nitrogens with zero attached hydrogens (tertiary/aromatic N) is 1. The van der Waals surface area contributed by atoms with Gasteiger partial charge in [-0.05, 0) is 44.4 Å². The maximum atomic E-state index is 5.89. The molecule has 2 N–H and O–H groups in total. The molecule has 2 nitrogen and oxygen atoms in total. The zero-order valence-electron chi connectivity index (χ0n) is 10.5. The smallest absolute Gasteiger partial charge is 0.0510 e. The Hall–Kier alpha value is -1.28. The highest BCUT2D eigenvalue weighted by Gasteiger charge is 2.10. The van der Waals surface area contributed by atoms with Gasteiger partial charge in [0.15, 0.2) is 0 Å². The summed E-state index contributed by atoms with van der Waals surface area (Å²) in [5.41, 5.74) is 11.2. The van der Waals surface area contributed by atoms with Crippen molar-refractivity contribution in [2.75, 3.05) is 0 Å². The topological polar surface area (TPSA) is 30.9 Å². The van der Waals surface area contributed by atoms with Crippen LogP contribution in [0.1, 0.15) is 23.6 Å². The van der Waals surface area contributed by atoms with Crippen LogP contribution in [0.2, 0.25) is 0 Å². The first kappa shape index (κ1) is 11.2. The second-order valence-corrected chi connectivity index (χ2v) is 4.92. The summed E-state index contributed by atoms with van der Waals surface area (Å²) in [7, 11) is 2.11. The van der Waals surface area contributed by atoms with Crippen molar-refractivity contribution in [3.63, 3.8) is 0 Å². The molecule has 0 fully saturated rings. The summed E-state index contributed by atoms with van der Waals surface area (Å²) >= 11 is 0. The van der Waals surface area contributed by atoms with E-state index in [0.29, 0.717) is 0 Å². The second-order valence-electron chi connectivity index (χ2n) is 4.92. The minimum atomic E-state index is 0.214. The van der Waals surface area contributed by atoms with E-state index in [1.165, 1.54) is 27.6 Å². The number of hydrogen-bond acceptors (Lipinski definition) is 1. The van der Waals surface area contributed by atoms with Crippen molar-refractivity contribution in [2.24, 2.45) is 12.8 Å². The van der Waals surface area contributed by atoms with E-state index in [9.17, 15) is 0 Å². The molecule has 0 bridgehead atoms. The average Bonchev–Trinajstić information content (AvgIpc) is 2.41. The molecule has 2 heteroatoms. The minimum absolute atomic E-state index is 0.214. The summed E-state index contributed by atoms with van der Waals surface area (Å²) in [5, 5.41) is 1.36. The van der Waals surface area contributed by atoms with E-state index in [2.05, 4.69) is 50.7 Å². The van der Waals surface area contributed by atoms with Crippen LogP contribution in [-0.4, -0.2) is 10.6 Å². The van der Waals surface area contributed by atoms with Crippen LogP contribution in [0.4, 0.5) is 0 Å². The Balaban J connectivity index is 2.68. The number of hydrogen-bond donors (Lipinski definition) is 1. The quantitative estimate of drug-likeness (QED) is 0.822. The molecule has 0 radical (unpaired) electrons. The molecule has 0 saturated carbocycles. The normalized spacial score (nSPS) is 13.3. The fourth-order valence-corrected chi connectivity index (χ4v) is 2.55. The van der Waals surface area contributed by atoms with Crippen LogP contribution in [-0.2, 0) is 13.5 Å². The molecule has 0 saturated heterocycles. The lowest BCUT2D eigenvalue weighted by Gasteiger charge is -2.05. The molecule has 1 unspecified atom stereocenters. The van der Waals surface area contributed by atoms with Gasteiger partial charge in [-0.25, -0.2) is 0 Å². The van der Waals surface area contributed by atoms with Crippen molar-refractivity contribution in [1.82, 2.24) is 4.57 Å². The molecule has 2 rings (SSSR count). The van der Waals surface area contributed by atoms with Gasteiger partial charge < -0.3 is 10.3 Å².